The highest BCUT2D eigenvalue weighted by molar-refractivity contribution is 5.42. The Bertz CT molecular complexity index is 609. The first kappa shape index (κ1) is 15.2. The minimum absolute atomic E-state index is 0.0462. The lowest BCUT2D eigenvalue weighted by atomic mass is 10.1. The minimum atomic E-state index is -4.40. The molecule has 2 aromatic rings. The summed E-state index contributed by atoms with van der Waals surface area (Å²) in [6.45, 7) is -0.0462. The van der Waals surface area contributed by atoms with Crippen molar-refractivity contribution in [1.82, 2.24) is 0 Å². The highest BCUT2D eigenvalue weighted by atomic mass is 19.4. The van der Waals surface area contributed by atoms with E-state index in [-0.39, 0.29) is 6.54 Å². The summed E-state index contributed by atoms with van der Waals surface area (Å²) in [4.78, 5) is 0. The van der Waals surface area contributed by atoms with Gasteiger partial charge in [0, 0.05) is 12.1 Å². The second-order valence-electron chi connectivity index (χ2n) is 4.30. The normalized spacial score (nSPS) is 11.3. The third-order valence-electron chi connectivity index (χ3n) is 2.89. The Labute approximate surface area is 120 Å². The minimum Gasteiger partial charge on any atom is -0.497 e. The first-order valence-corrected chi connectivity index (χ1v) is 6.16. The quantitative estimate of drug-likeness (QED) is 0.929. The predicted octanol–water partition coefficient (Wildman–Crippen LogP) is 3.97. The number of ether oxygens (including phenoxy) is 2. The fourth-order valence-corrected chi connectivity index (χ4v) is 1.79. The number of hydrogen-bond donors (Lipinski definition) is 1. The molecule has 0 aliphatic rings. The summed E-state index contributed by atoms with van der Waals surface area (Å²) in [6, 6.07) is 9.96. The Morgan fingerprint density at radius 2 is 1.62 bits per heavy atom. The van der Waals surface area contributed by atoms with E-state index in [1.807, 2.05) is 0 Å². The largest absolute Gasteiger partial charge is 0.497 e. The molecule has 0 amide bonds. The molecule has 0 saturated carbocycles. The van der Waals surface area contributed by atoms with E-state index in [4.69, 9.17) is 15.2 Å². The average Bonchev–Trinajstić information content (AvgIpc) is 2.47. The van der Waals surface area contributed by atoms with Crippen LogP contribution in [-0.4, -0.2) is 7.11 Å². The van der Waals surface area contributed by atoms with Crippen molar-refractivity contribution < 1.29 is 22.6 Å². The second-order valence-corrected chi connectivity index (χ2v) is 4.30. The van der Waals surface area contributed by atoms with E-state index >= 15 is 0 Å². The van der Waals surface area contributed by atoms with Crippen molar-refractivity contribution in [2.75, 3.05) is 7.11 Å². The Kier molecular flexibility index (Phi) is 4.37. The van der Waals surface area contributed by atoms with Crippen LogP contribution in [0.2, 0.25) is 0 Å². The van der Waals surface area contributed by atoms with Crippen LogP contribution in [0.25, 0.3) is 0 Å². The van der Waals surface area contributed by atoms with Gasteiger partial charge >= 0.3 is 6.18 Å². The lowest BCUT2D eigenvalue weighted by molar-refractivity contribution is -0.137. The summed E-state index contributed by atoms with van der Waals surface area (Å²) < 4.78 is 48.5. The maximum absolute atomic E-state index is 12.7. The second kappa shape index (κ2) is 6.05. The van der Waals surface area contributed by atoms with Crippen LogP contribution in [0.15, 0.2) is 42.5 Å². The fraction of sp³-hybridized carbons (Fsp3) is 0.200. The van der Waals surface area contributed by atoms with Crippen molar-refractivity contribution >= 4 is 0 Å². The number of halogens is 3. The Morgan fingerprint density at radius 3 is 2.14 bits per heavy atom. The molecule has 0 unspecified atom stereocenters. The number of hydrogen-bond acceptors (Lipinski definition) is 3. The zero-order valence-corrected chi connectivity index (χ0v) is 11.3. The number of rotatable bonds is 4. The number of methoxy groups -OCH3 is 1. The van der Waals surface area contributed by atoms with Crippen molar-refractivity contribution in [2.45, 2.75) is 12.7 Å². The van der Waals surface area contributed by atoms with Crippen LogP contribution >= 0.6 is 0 Å². The van der Waals surface area contributed by atoms with Crippen molar-refractivity contribution in [1.29, 1.82) is 0 Å². The highest BCUT2D eigenvalue weighted by Crippen LogP contribution is 2.34. The third-order valence-corrected chi connectivity index (χ3v) is 2.89. The van der Waals surface area contributed by atoms with Gasteiger partial charge in [0.05, 0.1) is 12.7 Å². The molecular formula is C15H14F3NO2. The van der Waals surface area contributed by atoms with Gasteiger partial charge in [-0.2, -0.15) is 13.2 Å². The molecule has 21 heavy (non-hydrogen) atoms. The maximum Gasteiger partial charge on any atom is 0.416 e. The molecule has 0 fully saturated rings. The topological polar surface area (TPSA) is 44.5 Å². The van der Waals surface area contributed by atoms with Crippen molar-refractivity contribution in [3.05, 3.63) is 53.6 Å². The van der Waals surface area contributed by atoms with Gasteiger partial charge in [-0.05, 0) is 42.5 Å². The fourth-order valence-electron chi connectivity index (χ4n) is 1.79. The Morgan fingerprint density at radius 1 is 1.00 bits per heavy atom. The van der Waals surface area contributed by atoms with Gasteiger partial charge in [-0.15, -0.1) is 0 Å². The van der Waals surface area contributed by atoms with Gasteiger partial charge in [-0.25, -0.2) is 0 Å². The molecule has 3 nitrogen and oxygen atoms in total. The lowest BCUT2D eigenvalue weighted by Gasteiger charge is -2.13. The van der Waals surface area contributed by atoms with Gasteiger partial charge in [-0.3, -0.25) is 0 Å². The first-order chi connectivity index (χ1) is 9.94. The standard InChI is InChI=1S/C15H14F3NO2/c1-20-12-3-5-13(6-4-12)21-14-7-2-11(15(16,17)18)8-10(14)9-19/h2-8H,9,19H2,1H3. The van der Waals surface area contributed by atoms with E-state index in [9.17, 15) is 13.2 Å². The van der Waals surface area contributed by atoms with Crippen LogP contribution in [0.1, 0.15) is 11.1 Å². The molecule has 6 heteroatoms. The molecule has 2 N–H and O–H groups in total. The highest BCUT2D eigenvalue weighted by Gasteiger charge is 2.31. The molecule has 0 aliphatic heterocycles. The molecule has 2 rings (SSSR count). The van der Waals surface area contributed by atoms with E-state index in [0.717, 1.165) is 12.1 Å². The van der Waals surface area contributed by atoms with Crippen LogP contribution in [0.4, 0.5) is 13.2 Å². The molecule has 0 saturated heterocycles. The average molecular weight is 297 g/mol. The van der Waals surface area contributed by atoms with Gasteiger partial charge in [0.15, 0.2) is 0 Å². The zero-order valence-electron chi connectivity index (χ0n) is 11.3. The summed E-state index contributed by atoms with van der Waals surface area (Å²) in [5.74, 6) is 1.45. The van der Waals surface area contributed by atoms with Crippen LogP contribution < -0.4 is 15.2 Å². The van der Waals surface area contributed by atoms with E-state index in [2.05, 4.69) is 0 Å². The van der Waals surface area contributed by atoms with Gasteiger partial charge in [0.2, 0.25) is 0 Å². The Balaban J connectivity index is 2.26. The summed E-state index contributed by atoms with van der Waals surface area (Å²) >= 11 is 0. The van der Waals surface area contributed by atoms with Crippen LogP contribution in [0, 0.1) is 0 Å². The zero-order chi connectivity index (χ0) is 15.5. The molecule has 112 valence electrons. The molecule has 0 atom stereocenters. The first-order valence-electron chi connectivity index (χ1n) is 6.16. The van der Waals surface area contributed by atoms with E-state index in [0.29, 0.717) is 22.8 Å². The number of benzene rings is 2. The van der Waals surface area contributed by atoms with Crippen molar-refractivity contribution in [3.8, 4) is 17.2 Å². The Hall–Kier alpha value is -2.21. The molecule has 0 aromatic heterocycles. The predicted molar refractivity (Wildman–Crippen MR) is 72.4 cm³/mol. The van der Waals surface area contributed by atoms with Crippen molar-refractivity contribution in [2.24, 2.45) is 5.73 Å². The summed E-state index contributed by atoms with van der Waals surface area (Å²) in [5, 5.41) is 0. The summed E-state index contributed by atoms with van der Waals surface area (Å²) in [6.07, 6.45) is -4.40. The molecule has 0 bridgehead atoms. The number of alkyl halides is 3. The van der Waals surface area contributed by atoms with E-state index in [1.54, 1.807) is 24.3 Å². The summed E-state index contributed by atoms with van der Waals surface area (Å²) in [5.41, 5.74) is 5.04. The monoisotopic (exact) mass is 297 g/mol. The van der Waals surface area contributed by atoms with E-state index in [1.165, 1.54) is 13.2 Å². The smallest absolute Gasteiger partial charge is 0.416 e. The molecule has 2 aromatic carbocycles. The summed E-state index contributed by atoms with van der Waals surface area (Å²) in [7, 11) is 1.54. The van der Waals surface area contributed by atoms with Crippen LogP contribution in [0.5, 0.6) is 17.2 Å². The SMILES string of the molecule is COc1ccc(Oc2ccc(C(F)(F)F)cc2CN)cc1. The van der Waals surface area contributed by atoms with Gasteiger partial charge in [0.1, 0.15) is 17.2 Å². The number of nitrogens with two attached hydrogens (primary N) is 1. The molecule has 0 radical (unpaired) electrons. The molecule has 0 spiro atoms. The van der Waals surface area contributed by atoms with Crippen LogP contribution in [0.3, 0.4) is 0 Å². The van der Waals surface area contributed by atoms with Crippen molar-refractivity contribution in [3.63, 3.8) is 0 Å². The lowest BCUT2D eigenvalue weighted by Crippen LogP contribution is -2.08. The molecular weight excluding hydrogens is 283 g/mol. The maximum atomic E-state index is 12.7. The molecule has 0 heterocycles. The van der Waals surface area contributed by atoms with Crippen LogP contribution in [-0.2, 0) is 12.7 Å². The van der Waals surface area contributed by atoms with Gasteiger partial charge in [-0.1, -0.05) is 0 Å². The third kappa shape index (κ3) is 3.66. The van der Waals surface area contributed by atoms with Gasteiger partial charge < -0.3 is 15.2 Å². The van der Waals surface area contributed by atoms with Gasteiger partial charge in [0.25, 0.3) is 0 Å². The molecule has 0 aliphatic carbocycles. The van der Waals surface area contributed by atoms with E-state index < -0.39 is 11.7 Å².